The molecule has 2 nitrogen and oxygen atoms in total. The molecule has 1 heterocycles. The van der Waals surface area contributed by atoms with Gasteiger partial charge in [0.05, 0.1) is 6.04 Å². The molecule has 0 amide bonds. The van der Waals surface area contributed by atoms with E-state index >= 15 is 0 Å². The Bertz CT molecular complexity index is 219. The Labute approximate surface area is 94.4 Å². The fraction of sp³-hybridized carbons (Fsp3) is 0.846. The van der Waals surface area contributed by atoms with Crippen molar-refractivity contribution in [3.05, 3.63) is 0 Å². The highest BCUT2D eigenvalue weighted by atomic mass is 15.2. The van der Waals surface area contributed by atoms with Crippen LogP contribution in [-0.2, 0) is 0 Å². The molecule has 1 aliphatic rings. The second kappa shape index (κ2) is 6.15. The molecule has 0 aliphatic carbocycles. The van der Waals surface area contributed by atoms with Crippen LogP contribution in [0.1, 0.15) is 33.1 Å². The van der Waals surface area contributed by atoms with Gasteiger partial charge >= 0.3 is 0 Å². The van der Waals surface area contributed by atoms with Crippen molar-refractivity contribution >= 4 is 0 Å². The molecule has 1 aliphatic heterocycles. The van der Waals surface area contributed by atoms with Crippen molar-refractivity contribution < 1.29 is 0 Å². The number of nitrogens with zero attached hydrogens (tertiary/aromatic N) is 1. The van der Waals surface area contributed by atoms with E-state index in [1.165, 1.54) is 12.8 Å². The van der Waals surface area contributed by atoms with Crippen molar-refractivity contribution in [3.63, 3.8) is 0 Å². The summed E-state index contributed by atoms with van der Waals surface area (Å²) in [5, 5.41) is 3.38. The van der Waals surface area contributed by atoms with Gasteiger partial charge in [0.15, 0.2) is 0 Å². The van der Waals surface area contributed by atoms with E-state index in [4.69, 9.17) is 6.42 Å². The monoisotopic (exact) mass is 208 g/mol. The standard InChI is InChI=1S/C13H24N2/c1-5-7-12(6-2)15-9-8-13(14-4)11(3)10-15/h2,11-14H,5,7-10H2,1,3-4H3. The van der Waals surface area contributed by atoms with Gasteiger partial charge in [-0.15, -0.1) is 6.42 Å². The molecule has 3 unspecified atom stereocenters. The second-order valence-electron chi connectivity index (χ2n) is 4.63. The Morgan fingerprint density at radius 1 is 1.60 bits per heavy atom. The molecular weight excluding hydrogens is 184 g/mol. The molecule has 0 aromatic carbocycles. The Morgan fingerprint density at radius 2 is 2.33 bits per heavy atom. The van der Waals surface area contributed by atoms with Crippen LogP contribution >= 0.6 is 0 Å². The zero-order valence-corrected chi connectivity index (χ0v) is 10.3. The van der Waals surface area contributed by atoms with Crippen molar-refractivity contribution in [1.29, 1.82) is 0 Å². The zero-order valence-electron chi connectivity index (χ0n) is 10.3. The molecule has 0 aromatic rings. The van der Waals surface area contributed by atoms with Gasteiger partial charge in [0, 0.05) is 19.1 Å². The van der Waals surface area contributed by atoms with Crippen LogP contribution in [-0.4, -0.2) is 37.1 Å². The van der Waals surface area contributed by atoms with Crippen molar-refractivity contribution in [3.8, 4) is 12.3 Å². The Balaban J connectivity index is 2.49. The SMILES string of the molecule is C#CC(CCC)N1CCC(NC)C(C)C1. The summed E-state index contributed by atoms with van der Waals surface area (Å²) in [5.41, 5.74) is 0. The summed E-state index contributed by atoms with van der Waals surface area (Å²) in [4.78, 5) is 2.47. The number of piperidine rings is 1. The third kappa shape index (κ3) is 3.22. The zero-order chi connectivity index (χ0) is 11.3. The van der Waals surface area contributed by atoms with Gasteiger partial charge in [-0.2, -0.15) is 0 Å². The van der Waals surface area contributed by atoms with Crippen LogP contribution in [0.4, 0.5) is 0 Å². The second-order valence-corrected chi connectivity index (χ2v) is 4.63. The van der Waals surface area contributed by atoms with Crippen LogP contribution in [0.5, 0.6) is 0 Å². The number of nitrogens with one attached hydrogen (secondary N) is 1. The molecule has 86 valence electrons. The van der Waals surface area contributed by atoms with Crippen molar-refractivity contribution in [1.82, 2.24) is 10.2 Å². The van der Waals surface area contributed by atoms with E-state index in [9.17, 15) is 0 Å². The molecule has 0 saturated carbocycles. The summed E-state index contributed by atoms with van der Waals surface area (Å²) < 4.78 is 0. The molecule has 0 radical (unpaired) electrons. The lowest BCUT2D eigenvalue weighted by atomic mass is 9.92. The van der Waals surface area contributed by atoms with Crippen molar-refractivity contribution in [2.75, 3.05) is 20.1 Å². The summed E-state index contributed by atoms with van der Waals surface area (Å²) >= 11 is 0. The molecule has 1 saturated heterocycles. The van der Waals surface area contributed by atoms with Gasteiger partial charge in [-0.25, -0.2) is 0 Å². The van der Waals surface area contributed by atoms with Crippen molar-refractivity contribution in [2.24, 2.45) is 5.92 Å². The average Bonchev–Trinajstić information content (AvgIpc) is 2.25. The summed E-state index contributed by atoms with van der Waals surface area (Å²) in [6.07, 6.45) is 9.12. The highest BCUT2D eigenvalue weighted by Gasteiger charge is 2.27. The molecular formula is C13H24N2. The molecule has 0 aromatic heterocycles. The number of rotatable bonds is 4. The number of hydrogen-bond donors (Lipinski definition) is 1. The normalized spacial score (nSPS) is 29.7. The molecule has 1 N–H and O–H groups in total. The van der Waals surface area contributed by atoms with Crippen LogP contribution in [0.3, 0.4) is 0 Å². The van der Waals surface area contributed by atoms with Gasteiger partial charge in [0.2, 0.25) is 0 Å². The first kappa shape index (κ1) is 12.5. The highest BCUT2D eigenvalue weighted by molar-refractivity contribution is 5.01. The largest absolute Gasteiger partial charge is 0.317 e. The molecule has 1 rings (SSSR count). The van der Waals surface area contributed by atoms with E-state index in [2.05, 4.69) is 37.0 Å². The third-order valence-electron chi connectivity index (χ3n) is 3.50. The number of terminal acetylenes is 1. The van der Waals surface area contributed by atoms with Crippen LogP contribution in [0, 0.1) is 18.3 Å². The summed E-state index contributed by atoms with van der Waals surface area (Å²) in [6, 6.07) is 1.02. The number of hydrogen-bond acceptors (Lipinski definition) is 2. The molecule has 3 atom stereocenters. The maximum Gasteiger partial charge on any atom is 0.0711 e. The van der Waals surface area contributed by atoms with Gasteiger partial charge in [-0.3, -0.25) is 4.90 Å². The van der Waals surface area contributed by atoms with Crippen LogP contribution in [0.15, 0.2) is 0 Å². The molecule has 1 fully saturated rings. The Hall–Kier alpha value is -0.520. The topological polar surface area (TPSA) is 15.3 Å². The van der Waals surface area contributed by atoms with Crippen LogP contribution < -0.4 is 5.32 Å². The Kier molecular flexibility index (Phi) is 5.14. The van der Waals surface area contributed by atoms with Gasteiger partial charge in [0.25, 0.3) is 0 Å². The van der Waals surface area contributed by atoms with Gasteiger partial charge in [-0.05, 0) is 25.8 Å². The maximum atomic E-state index is 5.59. The smallest absolute Gasteiger partial charge is 0.0711 e. The van der Waals surface area contributed by atoms with E-state index < -0.39 is 0 Å². The first-order valence-corrected chi connectivity index (χ1v) is 6.10. The first-order valence-electron chi connectivity index (χ1n) is 6.10. The summed E-state index contributed by atoms with van der Waals surface area (Å²) in [6.45, 7) is 6.80. The van der Waals surface area contributed by atoms with Gasteiger partial charge < -0.3 is 5.32 Å². The van der Waals surface area contributed by atoms with E-state index in [1.54, 1.807) is 0 Å². The van der Waals surface area contributed by atoms with Crippen LogP contribution in [0.2, 0.25) is 0 Å². The first-order chi connectivity index (χ1) is 7.22. The quantitative estimate of drug-likeness (QED) is 0.708. The number of likely N-dealkylation sites (tertiary alicyclic amines) is 1. The van der Waals surface area contributed by atoms with Gasteiger partial charge in [0.1, 0.15) is 0 Å². The van der Waals surface area contributed by atoms with E-state index in [0.717, 1.165) is 19.5 Å². The minimum Gasteiger partial charge on any atom is -0.317 e. The lowest BCUT2D eigenvalue weighted by Crippen LogP contribution is -2.50. The molecule has 0 spiro atoms. The fourth-order valence-corrected chi connectivity index (χ4v) is 2.53. The fourth-order valence-electron chi connectivity index (χ4n) is 2.53. The Morgan fingerprint density at radius 3 is 2.80 bits per heavy atom. The van der Waals surface area contributed by atoms with E-state index in [0.29, 0.717) is 18.0 Å². The lowest BCUT2D eigenvalue weighted by molar-refractivity contribution is 0.125. The predicted molar refractivity (Wildman–Crippen MR) is 65.7 cm³/mol. The molecule has 2 heteroatoms. The summed E-state index contributed by atoms with van der Waals surface area (Å²) in [7, 11) is 2.06. The lowest BCUT2D eigenvalue weighted by Gasteiger charge is -2.39. The third-order valence-corrected chi connectivity index (χ3v) is 3.50. The minimum absolute atomic E-state index is 0.357. The highest BCUT2D eigenvalue weighted by Crippen LogP contribution is 2.20. The molecule has 15 heavy (non-hydrogen) atoms. The predicted octanol–water partition coefficient (Wildman–Crippen LogP) is 1.72. The van der Waals surface area contributed by atoms with E-state index in [-0.39, 0.29) is 0 Å². The summed E-state index contributed by atoms with van der Waals surface area (Å²) in [5.74, 6) is 3.64. The minimum atomic E-state index is 0.357. The van der Waals surface area contributed by atoms with Crippen LogP contribution in [0.25, 0.3) is 0 Å². The molecule has 0 bridgehead atoms. The van der Waals surface area contributed by atoms with E-state index in [1.807, 2.05) is 0 Å². The van der Waals surface area contributed by atoms with Crippen molar-refractivity contribution in [2.45, 2.75) is 45.2 Å². The maximum absolute atomic E-state index is 5.59. The average molecular weight is 208 g/mol. The van der Waals surface area contributed by atoms with Gasteiger partial charge in [-0.1, -0.05) is 26.2 Å².